The molecule has 1 heterocycles. The van der Waals surface area contributed by atoms with Crippen LogP contribution in [0.3, 0.4) is 0 Å². The molecule has 2 unspecified atom stereocenters. The number of hydrogen-bond acceptors (Lipinski definition) is 6. The molecule has 6 nitrogen and oxygen atoms in total. The number of nitrogens with zero attached hydrogens (tertiary/aromatic N) is 1. The maximum absolute atomic E-state index is 12.6. The van der Waals surface area contributed by atoms with E-state index in [1.807, 2.05) is 0 Å². The molecule has 0 bridgehead atoms. The second kappa shape index (κ2) is 5.36. The summed E-state index contributed by atoms with van der Waals surface area (Å²) in [6.07, 6.45) is -1.27. The Hall–Kier alpha value is -1.09. The van der Waals surface area contributed by atoms with E-state index in [-0.39, 0.29) is 10.6 Å². The summed E-state index contributed by atoms with van der Waals surface area (Å²) in [6.45, 7) is 1.43. The number of aliphatic hydroxyl groups excluding tert-OH is 1. The van der Waals surface area contributed by atoms with Crippen molar-refractivity contribution in [3.05, 3.63) is 30.3 Å². The average molecular weight is 317 g/mol. The first kappa shape index (κ1) is 15.3. The Morgan fingerprint density at radius 2 is 2.05 bits per heavy atom. The van der Waals surface area contributed by atoms with Gasteiger partial charge in [-0.05, 0) is 19.1 Å². The standard InChI is InChI=1S/C12H15NO5S2/c1-12(11(15)18-2)13(10(14)8-19-12)20(16,17)9-6-4-3-5-7-9/h3-7,10,14H,8H2,1-2H3. The van der Waals surface area contributed by atoms with Gasteiger partial charge >= 0.3 is 5.97 Å². The van der Waals surface area contributed by atoms with Crippen LogP contribution in [0.5, 0.6) is 0 Å². The largest absolute Gasteiger partial charge is 0.467 e. The Kier molecular flexibility index (Phi) is 4.10. The zero-order valence-corrected chi connectivity index (χ0v) is 12.6. The minimum Gasteiger partial charge on any atom is -0.467 e. The van der Waals surface area contributed by atoms with Gasteiger partial charge in [-0.15, -0.1) is 16.1 Å². The first-order valence-electron chi connectivity index (χ1n) is 5.84. The van der Waals surface area contributed by atoms with Gasteiger partial charge in [-0.1, -0.05) is 18.2 Å². The lowest BCUT2D eigenvalue weighted by Crippen LogP contribution is -2.52. The van der Waals surface area contributed by atoms with Gasteiger partial charge in [0.1, 0.15) is 6.23 Å². The Labute approximate surface area is 121 Å². The third kappa shape index (κ3) is 2.32. The molecule has 2 atom stereocenters. The topological polar surface area (TPSA) is 83.9 Å². The van der Waals surface area contributed by atoms with E-state index in [1.54, 1.807) is 18.2 Å². The van der Waals surface area contributed by atoms with Crippen LogP contribution in [0.15, 0.2) is 35.2 Å². The highest BCUT2D eigenvalue weighted by atomic mass is 32.2. The fourth-order valence-electron chi connectivity index (χ4n) is 2.09. The monoisotopic (exact) mass is 317 g/mol. The highest BCUT2D eigenvalue weighted by molar-refractivity contribution is 8.02. The van der Waals surface area contributed by atoms with Crippen LogP contribution in [0.25, 0.3) is 0 Å². The number of methoxy groups -OCH3 is 1. The number of esters is 1. The molecule has 20 heavy (non-hydrogen) atoms. The molecule has 1 aromatic rings. The van der Waals surface area contributed by atoms with Gasteiger partial charge in [0.05, 0.1) is 12.0 Å². The SMILES string of the molecule is COC(=O)C1(C)SCC(O)N1S(=O)(=O)c1ccccc1. The van der Waals surface area contributed by atoms with E-state index in [0.717, 1.165) is 16.1 Å². The van der Waals surface area contributed by atoms with Crippen molar-refractivity contribution in [2.75, 3.05) is 12.9 Å². The van der Waals surface area contributed by atoms with Gasteiger partial charge in [0.15, 0.2) is 4.87 Å². The molecule has 0 saturated carbocycles. The third-order valence-corrected chi connectivity index (χ3v) is 6.57. The van der Waals surface area contributed by atoms with Gasteiger partial charge in [-0.2, -0.15) is 0 Å². The third-order valence-electron chi connectivity index (χ3n) is 3.07. The number of aliphatic hydroxyl groups is 1. The second-order valence-electron chi connectivity index (χ2n) is 4.38. The molecule has 0 spiro atoms. The highest BCUT2D eigenvalue weighted by Crippen LogP contribution is 2.42. The zero-order valence-electron chi connectivity index (χ0n) is 11.0. The van der Waals surface area contributed by atoms with Crippen molar-refractivity contribution in [1.29, 1.82) is 0 Å². The van der Waals surface area contributed by atoms with Gasteiger partial charge in [-0.3, -0.25) is 0 Å². The van der Waals surface area contributed by atoms with E-state index in [0.29, 0.717) is 0 Å². The lowest BCUT2D eigenvalue weighted by Gasteiger charge is -2.31. The van der Waals surface area contributed by atoms with Gasteiger partial charge in [-0.25, -0.2) is 13.2 Å². The molecular weight excluding hydrogens is 302 g/mol. The molecule has 1 fully saturated rings. The smallest absolute Gasteiger partial charge is 0.337 e. The first-order valence-corrected chi connectivity index (χ1v) is 8.26. The fraction of sp³-hybridized carbons (Fsp3) is 0.417. The van der Waals surface area contributed by atoms with Crippen molar-refractivity contribution in [2.45, 2.75) is 22.9 Å². The van der Waals surface area contributed by atoms with Crippen molar-refractivity contribution in [3.63, 3.8) is 0 Å². The maximum atomic E-state index is 12.6. The van der Waals surface area contributed by atoms with Crippen molar-refractivity contribution >= 4 is 27.8 Å². The average Bonchev–Trinajstić information content (AvgIpc) is 2.76. The van der Waals surface area contributed by atoms with Gasteiger partial charge in [0, 0.05) is 5.75 Å². The van der Waals surface area contributed by atoms with Crippen LogP contribution < -0.4 is 0 Å². The molecule has 8 heteroatoms. The van der Waals surface area contributed by atoms with Crippen molar-refractivity contribution in [2.24, 2.45) is 0 Å². The summed E-state index contributed by atoms with van der Waals surface area (Å²) in [5, 5.41) is 9.98. The van der Waals surface area contributed by atoms with Gasteiger partial charge in [0.25, 0.3) is 0 Å². The van der Waals surface area contributed by atoms with Gasteiger partial charge < -0.3 is 9.84 Å². The van der Waals surface area contributed by atoms with Gasteiger partial charge in [0.2, 0.25) is 10.0 Å². The molecular formula is C12H15NO5S2. The Morgan fingerprint density at radius 1 is 1.45 bits per heavy atom. The van der Waals surface area contributed by atoms with E-state index >= 15 is 0 Å². The molecule has 1 saturated heterocycles. The number of benzene rings is 1. The molecule has 0 radical (unpaired) electrons. The van der Waals surface area contributed by atoms with Crippen molar-refractivity contribution in [1.82, 2.24) is 4.31 Å². The van der Waals surface area contributed by atoms with Crippen LogP contribution in [-0.4, -0.2) is 47.8 Å². The summed E-state index contributed by atoms with van der Waals surface area (Å²) >= 11 is 1.04. The summed E-state index contributed by atoms with van der Waals surface area (Å²) in [6, 6.07) is 7.69. The van der Waals surface area contributed by atoms with E-state index in [9.17, 15) is 18.3 Å². The molecule has 1 aromatic carbocycles. The highest BCUT2D eigenvalue weighted by Gasteiger charge is 2.55. The number of sulfonamides is 1. The number of carbonyl (C=O) groups excluding carboxylic acids is 1. The minimum atomic E-state index is -3.99. The van der Waals surface area contributed by atoms with Crippen LogP contribution in [0.2, 0.25) is 0 Å². The summed E-state index contributed by atoms with van der Waals surface area (Å²) in [7, 11) is -2.80. The van der Waals surface area contributed by atoms with E-state index < -0.39 is 27.1 Å². The Bertz CT molecular complexity index is 604. The number of thioether (sulfide) groups is 1. The quantitative estimate of drug-likeness (QED) is 0.823. The van der Waals surface area contributed by atoms with E-state index in [1.165, 1.54) is 26.2 Å². The predicted molar refractivity (Wildman–Crippen MR) is 74.4 cm³/mol. The predicted octanol–water partition coefficient (Wildman–Crippen LogP) is 0.632. The molecule has 0 amide bonds. The normalized spacial score (nSPS) is 27.4. The molecule has 2 rings (SSSR count). The van der Waals surface area contributed by atoms with Crippen LogP contribution in [0.4, 0.5) is 0 Å². The molecule has 0 aliphatic carbocycles. The van der Waals surface area contributed by atoms with Crippen molar-refractivity contribution < 1.29 is 23.1 Å². The van der Waals surface area contributed by atoms with Crippen LogP contribution in [-0.2, 0) is 19.6 Å². The minimum absolute atomic E-state index is 0.0247. The lowest BCUT2D eigenvalue weighted by atomic mass is 10.3. The summed E-state index contributed by atoms with van der Waals surface area (Å²) in [5.74, 6) is -0.601. The first-order chi connectivity index (χ1) is 9.34. The number of ether oxygens (including phenoxy) is 1. The molecule has 1 N–H and O–H groups in total. The number of carbonyl (C=O) groups is 1. The lowest BCUT2D eigenvalue weighted by molar-refractivity contribution is -0.148. The maximum Gasteiger partial charge on any atom is 0.337 e. The van der Waals surface area contributed by atoms with E-state index in [4.69, 9.17) is 0 Å². The van der Waals surface area contributed by atoms with E-state index in [2.05, 4.69) is 4.74 Å². The zero-order chi connectivity index (χ0) is 15.0. The molecule has 110 valence electrons. The number of hydrogen-bond donors (Lipinski definition) is 1. The fourth-order valence-corrected chi connectivity index (χ4v) is 5.36. The second-order valence-corrected chi connectivity index (χ2v) is 7.61. The summed E-state index contributed by atoms with van der Waals surface area (Å²) < 4.78 is 30.7. The van der Waals surface area contributed by atoms with Crippen LogP contribution in [0.1, 0.15) is 6.92 Å². The number of rotatable bonds is 3. The Balaban J connectivity index is 2.51. The van der Waals surface area contributed by atoms with Crippen LogP contribution >= 0.6 is 11.8 Å². The summed E-state index contributed by atoms with van der Waals surface area (Å²) in [5.41, 5.74) is 0. The molecule has 1 aliphatic heterocycles. The van der Waals surface area contributed by atoms with Crippen LogP contribution in [0, 0.1) is 0 Å². The molecule has 0 aromatic heterocycles. The summed E-state index contributed by atoms with van der Waals surface area (Å²) in [4.78, 5) is 10.5. The Morgan fingerprint density at radius 3 is 2.60 bits per heavy atom. The van der Waals surface area contributed by atoms with Crippen molar-refractivity contribution in [3.8, 4) is 0 Å². The molecule has 1 aliphatic rings.